The highest BCUT2D eigenvalue weighted by molar-refractivity contribution is 6.22. The molecule has 0 saturated carbocycles. The molecule has 1 aromatic heterocycles. The van der Waals surface area contributed by atoms with Crippen LogP contribution in [-0.2, 0) is 16.0 Å². The van der Waals surface area contributed by atoms with Crippen molar-refractivity contribution in [3.05, 3.63) is 54.4 Å². The number of amides is 2. The minimum absolute atomic E-state index is 0.108. The number of ether oxygens (including phenoxy) is 1. The summed E-state index contributed by atoms with van der Waals surface area (Å²) in [6, 6.07) is 11.1. The van der Waals surface area contributed by atoms with Gasteiger partial charge in [0, 0.05) is 45.1 Å². The Bertz CT molecular complexity index is 927. The number of benzene rings is 1. The average molecular weight is 465 g/mol. The van der Waals surface area contributed by atoms with Crippen molar-refractivity contribution in [2.24, 2.45) is 0 Å². The monoisotopic (exact) mass is 464 g/mol. The van der Waals surface area contributed by atoms with E-state index in [2.05, 4.69) is 33.8 Å². The van der Waals surface area contributed by atoms with Crippen LogP contribution >= 0.6 is 0 Å². The van der Waals surface area contributed by atoms with Crippen LogP contribution in [-0.4, -0.2) is 72.0 Å². The van der Waals surface area contributed by atoms with Crippen LogP contribution in [0.15, 0.2) is 48.8 Å². The third-order valence-electron chi connectivity index (χ3n) is 6.80. The van der Waals surface area contributed by atoms with Crippen molar-refractivity contribution < 1.29 is 14.3 Å². The van der Waals surface area contributed by atoms with Gasteiger partial charge < -0.3 is 9.64 Å². The normalized spacial score (nSPS) is 19.7. The van der Waals surface area contributed by atoms with Crippen LogP contribution in [0.25, 0.3) is 0 Å². The molecule has 7 nitrogen and oxygen atoms in total. The standard InChI is InChI=1S/C27H36N4O3/c1-2-3-4-5-20-34-24-8-6-23(7-9-24)31-26(32)21-25(27(31)33)30-18-16-29(17-19-30)15-12-22-10-13-28-14-11-22/h6-11,13-14,25H,2-5,12,15-21H2,1H3/t25-/m1/s1. The lowest BCUT2D eigenvalue weighted by molar-refractivity contribution is -0.123. The van der Waals surface area contributed by atoms with E-state index in [1.807, 2.05) is 36.7 Å². The second-order valence-corrected chi connectivity index (χ2v) is 9.17. The maximum absolute atomic E-state index is 13.2. The molecule has 2 aliphatic heterocycles. The third-order valence-corrected chi connectivity index (χ3v) is 6.80. The molecule has 7 heteroatoms. The summed E-state index contributed by atoms with van der Waals surface area (Å²) in [5.41, 5.74) is 1.92. The van der Waals surface area contributed by atoms with Gasteiger partial charge in [0.1, 0.15) is 5.75 Å². The Labute approximate surface area is 202 Å². The molecule has 2 fully saturated rings. The number of hydrogen-bond acceptors (Lipinski definition) is 6. The Morgan fingerprint density at radius 1 is 0.941 bits per heavy atom. The molecule has 2 amide bonds. The van der Waals surface area contributed by atoms with Crippen molar-refractivity contribution in [2.45, 2.75) is 51.5 Å². The SMILES string of the molecule is CCCCCCOc1ccc(N2C(=O)C[C@@H](N3CCN(CCc4ccncc4)CC3)C2=O)cc1. The molecule has 1 atom stereocenters. The quantitative estimate of drug-likeness (QED) is 0.374. The first-order valence-electron chi connectivity index (χ1n) is 12.6. The number of nitrogens with zero attached hydrogens (tertiary/aromatic N) is 4. The van der Waals surface area contributed by atoms with E-state index >= 15 is 0 Å². The number of carbonyl (C=O) groups excluding carboxylic acids is 2. The minimum atomic E-state index is -0.357. The molecule has 34 heavy (non-hydrogen) atoms. The number of aromatic nitrogens is 1. The first-order chi connectivity index (χ1) is 16.7. The van der Waals surface area contributed by atoms with Gasteiger partial charge in [0.2, 0.25) is 5.91 Å². The zero-order valence-electron chi connectivity index (χ0n) is 20.2. The smallest absolute Gasteiger partial charge is 0.251 e. The van der Waals surface area contributed by atoms with Crippen LogP contribution in [0, 0.1) is 0 Å². The van der Waals surface area contributed by atoms with E-state index in [1.54, 1.807) is 0 Å². The second kappa shape index (κ2) is 12.1. The lowest BCUT2D eigenvalue weighted by Crippen LogP contribution is -2.52. The molecule has 0 unspecified atom stereocenters. The summed E-state index contributed by atoms with van der Waals surface area (Å²) in [4.78, 5) is 36.0. The molecule has 3 heterocycles. The van der Waals surface area contributed by atoms with E-state index in [0.717, 1.165) is 51.3 Å². The molecule has 0 radical (unpaired) electrons. The number of imide groups is 1. The zero-order valence-corrected chi connectivity index (χ0v) is 20.2. The maximum atomic E-state index is 13.2. The van der Waals surface area contributed by atoms with Crippen LogP contribution in [0.4, 0.5) is 5.69 Å². The molecule has 2 saturated heterocycles. The van der Waals surface area contributed by atoms with Crippen molar-refractivity contribution in [2.75, 3.05) is 44.2 Å². The Morgan fingerprint density at radius 2 is 1.68 bits per heavy atom. The van der Waals surface area contributed by atoms with E-state index < -0.39 is 0 Å². The van der Waals surface area contributed by atoms with Crippen LogP contribution in [0.2, 0.25) is 0 Å². The van der Waals surface area contributed by atoms with Crippen molar-refractivity contribution in [3.8, 4) is 5.75 Å². The van der Waals surface area contributed by atoms with Gasteiger partial charge in [-0.05, 0) is 54.8 Å². The van der Waals surface area contributed by atoms with Gasteiger partial charge in [-0.1, -0.05) is 26.2 Å². The van der Waals surface area contributed by atoms with Crippen LogP contribution in [0.5, 0.6) is 5.75 Å². The van der Waals surface area contributed by atoms with Gasteiger partial charge in [0.25, 0.3) is 5.91 Å². The topological polar surface area (TPSA) is 66.0 Å². The molecule has 182 valence electrons. The zero-order chi connectivity index (χ0) is 23.8. The number of pyridine rings is 1. The predicted molar refractivity (Wildman–Crippen MR) is 133 cm³/mol. The first kappa shape index (κ1) is 24.4. The first-order valence-corrected chi connectivity index (χ1v) is 12.6. The number of piperazine rings is 1. The Kier molecular flexibility index (Phi) is 8.66. The van der Waals surface area contributed by atoms with Gasteiger partial charge >= 0.3 is 0 Å². The summed E-state index contributed by atoms with van der Waals surface area (Å²) in [5, 5.41) is 0. The number of rotatable bonds is 11. The number of anilines is 1. The summed E-state index contributed by atoms with van der Waals surface area (Å²) in [7, 11) is 0. The third kappa shape index (κ3) is 6.21. The molecular formula is C27H36N4O3. The summed E-state index contributed by atoms with van der Waals surface area (Å²) in [6.45, 7) is 7.31. The van der Waals surface area contributed by atoms with Crippen molar-refractivity contribution in [1.29, 1.82) is 0 Å². The van der Waals surface area contributed by atoms with Gasteiger partial charge in [-0.2, -0.15) is 0 Å². The minimum Gasteiger partial charge on any atom is -0.494 e. The van der Waals surface area contributed by atoms with E-state index in [9.17, 15) is 9.59 Å². The highest BCUT2D eigenvalue weighted by atomic mass is 16.5. The number of unbranched alkanes of at least 4 members (excludes halogenated alkanes) is 3. The summed E-state index contributed by atoms with van der Waals surface area (Å²) < 4.78 is 5.79. The number of carbonyl (C=O) groups is 2. The highest BCUT2D eigenvalue weighted by Gasteiger charge is 2.43. The molecule has 0 bridgehead atoms. The predicted octanol–water partition coefficient (Wildman–Crippen LogP) is 3.53. The molecular weight excluding hydrogens is 428 g/mol. The van der Waals surface area contributed by atoms with E-state index in [-0.39, 0.29) is 24.3 Å². The van der Waals surface area contributed by atoms with Crippen LogP contribution < -0.4 is 9.64 Å². The van der Waals surface area contributed by atoms with E-state index in [1.165, 1.54) is 29.7 Å². The van der Waals surface area contributed by atoms with Crippen LogP contribution in [0.3, 0.4) is 0 Å². The molecule has 2 aromatic rings. The molecule has 4 rings (SSSR count). The van der Waals surface area contributed by atoms with Crippen molar-refractivity contribution in [3.63, 3.8) is 0 Å². The Balaban J connectivity index is 1.26. The fourth-order valence-electron chi connectivity index (χ4n) is 4.72. The summed E-state index contributed by atoms with van der Waals surface area (Å²) in [6.07, 6.45) is 9.55. The molecule has 2 aliphatic rings. The van der Waals surface area contributed by atoms with Crippen molar-refractivity contribution in [1.82, 2.24) is 14.8 Å². The van der Waals surface area contributed by atoms with Gasteiger partial charge in [-0.25, -0.2) is 4.90 Å². The summed E-state index contributed by atoms with van der Waals surface area (Å²) >= 11 is 0. The van der Waals surface area contributed by atoms with E-state index in [4.69, 9.17) is 4.74 Å². The summed E-state index contributed by atoms with van der Waals surface area (Å²) in [5.74, 6) is 0.547. The van der Waals surface area contributed by atoms with Crippen LogP contribution in [0.1, 0.15) is 44.6 Å². The molecule has 0 N–H and O–H groups in total. The largest absolute Gasteiger partial charge is 0.494 e. The van der Waals surface area contributed by atoms with Gasteiger partial charge in [0.05, 0.1) is 24.8 Å². The highest BCUT2D eigenvalue weighted by Crippen LogP contribution is 2.28. The molecule has 1 aromatic carbocycles. The second-order valence-electron chi connectivity index (χ2n) is 9.17. The Hall–Kier alpha value is -2.77. The van der Waals surface area contributed by atoms with Gasteiger partial charge in [-0.15, -0.1) is 0 Å². The fraction of sp³-hybridized carbons (Fsp3) is 0.519. The lowest BCUT2D eigenvalue weighted by Gasteiger charge is -2.37. The number of hydrogen-bond donors (Lipinski definition) is 0. The molecule has 0 spiro atoms. The Morgan fingerprint density at radius 3 is 2.38 bits per heavy atom. The molecule has 0 aliphatic carbocycles. The van der Waals surface area contributed by atoms with Crippen molar-refractivity contribution >= 4 is 17.5 Å². The van der Waals surface area contributed by atoms with Gasteiger partial charge in [-0.3, -0.25) is 19.5 Å². The van der Waals surface area contributed by atoms with Gasteiger partial charge in [0.15, 0.2) is 0 Å². The van der Waals surface area contributed by atoms with E-state index in [0.29, 0.717) is 12.3 Å². The maximum Gasteiger partial charge on any atom is 0.251 e. The fourth-order valence-corrected chi connectivity index (χ4v) is 4.72. The lowest BCUT2D eigenvalue weighted by atomic mass is 10.1. The average Bonchev–Trinajstić information content (AvgIpc) is 3.17.